The molecule has 0 aromatic rings. The second-order valence-electron chi connectivity index (χ2n) is 4.09. The Morgan fingerprint density at radius 1 is 1.54 bits per heavy atom. The molecule has 0 heterocycles. The van der Waals surface area contributed by atoms with E-state index in [9.17, 15) is 0 Å². The molecule has 0 aromatic heterocycles. The molecule has 0 atom stereocenters. The third kappa shape index (κ3) is 2.47. The highest BCUT2D eigenvalue weighted by molar-refractivity contribution is 6.85. The highest BCUT2D eigenvalue weighted by Crippen LogP contribution is 2.22. The van der Waals surface area contributed by atoms with Gasteiger partial charge in [-0.15, -0.1) is 6.58 Å². The maximum atomic E-state index is 3.80. The van der Waals surface area contributed by atoms with E-state index in [4.69, 9.17) is 0 Å². The minimum Gasteiger partial charge on any atom is -0.103 e. The summed E-state index contributed by atoms with van der Waals surface area (Å²) in [6.07, 6.45) is 6.22. The largest absolute Gasteiger partial charge is 0.103 e. The monoisotopic (exact) mass is 188 g/mol. The lowest BCUT2D eigenvalue weighted by molar-refractivity contribution is 1.45. The van der Waals surface area contributed by atoms with Gasteiger partial charge in [-0.25, -0.2) is 0 Å². The normalized spacial score (nSPS) is 15.3. The van der Waals surface area contributed by atoms with Crippen LogP contribution in [0.15, 0.2) is 47.0 Å². The average Bonchev–Trinajstić information content (AvgIpc) is 2.04. The molecule has 0 unspecified atom stereocenters. The lowest BCUT2D eigenvalue weighted by Gasteiger charge is -2.21. The van der Waals surface area contributed by atoms with E-state index in [-0.39, 0.29) is 0 Å². The molecule has 13 heavy (non-hydrogen) atoms. The van der Waals surface area contributed by atoms with Crippen molar-refractivity contribution in [2.45, 2.75) is 26.1 Å². The molecular formula is C12H16Si. The first-order valence-electron chi connectivity index (χ1n) is 4.57. The van der Waals surface area contributed by atoms with Gasteiger partial charge in [-0.1, -0.05) is 36.7 Å². The van der Waals surface area contributed by atoms with Crippen molar-refractivity contribution in [2.75, 3.05) is 0 Å². The van der Waals surface area contributed by atoms with Crippen LogP contribution >= 0.6 is 0 Å². The number of hydrogen-bond acceptors (Lipinski definition) is 0. The SMILES string of the molecule is C=CC[Si](C)(C)C1=C=C=CC(C)=C1. The Labute approximate surface area is 81.7 Å². The Bertz CT molecular complexity index is 343. The zero-order valence-electron chi connectivity index (χ0n) is 8.65. The zero-order chi connectivity index (χ0) is 9.90. The Kier molecular flexibility index (Phi) is 2.95. The minimum absolute atomic E-state index is 1.11. The molecule has 0 saturated heterocycles. The summed E-state index contributed by atoms with van der Waals surface area (Å²) in [5.74, 6) is 0. The molecule has 0 fully saturated rings. The summed E-state index contributed by atoms with van der Waals surface area (Å²) in [5.41, 5.74) is 7.57. The van der Waals surface area contributed by atoms with Crippen LogP contribution in [0, 0.1) is 0 Å². The van der Waals surface area contributed by atoms with E-state index in [2.05, 4.69) is 44.1 Å². The third-order valence-electron chi connectivity index (χ3n) is 2.26. The van der Waals surface area contributed by atoms with Crippen molar-refractivity contribution in [3.63, 3.8) is 0 Å². The minimum atomic E-state index is -1.32. The van der Waals surface area contributed by atoms with E-state index in [0.29, 0.717) is 0 Å². The summed E-state index contributed by atoms with van der Waals surface area (Å²) >= 11 is 0. The van der Waals surface area contributed by atoms with Gasteiger partial charge in [0.05, 0.1) is 8.07 Å². The summed E-state index contributed by atoms with van der Waals surface area (Å²) in [7, 11) is -1.32. The van der Waals surface area contributed by atoms with Crippen molar-refractivity contribution in [2.24, 2.45) is 0 Å². The highest BCUT2D eigenvalue weighted by Gasteiger charge is 2.23. The molecule has 1 aliphatic carbocycles. The van der Waals surface area contributed by atoms with Crippen molar-refractivity contribution in [3.8, 4) is 0 Å². The second-order valence-corrected chi connectivity index (χ2v) is 8.81. The molecule has 0 N–H and O–H groups in total. The maximum Gasteiger partial charge on any atom is 0.0951 e. The molecular weight excluding hydrogens is 172 g/mol. The predicted octanol–water partition coefficient (Wildman–Crippen LogP) is 3.62. The summed E-state index contributed by atoms with van der Waals surface area (Å²) in [4.78, 5) is 0. The third-order valence-corrected chi connectivity index (χ3v) is 5.30. The van der Waals surface area contributed by atoms with Crippen molar-refractivity contribution in [3.05, 3.63) is 47.0 Å². The van der Waals surface area contributed by atoms with Crippen molar-refractivity contribution in [1.82, 2.24) is 0 Å². The van der Waals surface area contributed by atoms with Crippen molar-refractivity contribution >= 4 is 8.07 Å². The van der Waals surface area contributed by atoms with E-state index in [0.717, 1.165) is 6.04 Å². The van der Waals surface area contributed by atoms with Crippen LogP contribution in [-0.4, -0.2) is 8.07 Å². The Balaban J connectivity index is 3.02. The van der Waals surface area contributed by atoms with E-state index < -0.39 is 8.07 Å². The average molecular weight is 188 g/mol. The van der Waals surface area contributed by atoms with Crippen LogP contribution in [0.5, 0.6) is 0 Å². The number of allylic oxidation sites excluding steroid dienone is 5. The molecule has 0 spiro atoms. The molecule has 1 heteroatoms. The van der Waals surface area contributed by atoms with Gasteiger partial charge >= 0.3 is 0 Å². The maximum absolute atomic E-state index is 3.80. The number of hydrogen-bond donors (Lipinski definition) is 0. The standard InChI is InChI=1S/C12H16Si/c1-5-9-13(3,4)12-8-6-7-11(2)10-12/h5,7,10H,1,9H2,2-4H3. The quantitative estimate of drug-likeness (QED) is 0.360. The molecule has 0 radical (unpaired) electrons. The summed E-state index contributed by atoms with van der Waals surface area (Å²) in [6, 6.07) is 1.11. The molecule has 0 saturated carbocycles. The molecule has 1 aliphatic rings. The van der Waals surface area contributed by atoms with Crippen molar-refractivity contribution < 1.29 is 0 Å². The molecule has 0 amide bonds. The van der Waals surface area contributed by atoms with Crippen LogP contribution in [0.25, 0.3) is 0 Å². The van der Waals surface area contributed by atoms with Crippen LogP contribution < -0.4 is 0 Å². The Morgan fingerprint density at radius 2 is 2.23 bits per heavy atom. The van der Waals surface area contributed by atoms with Gasteiger partial charge in [-0.05, 0) is 29.8 Å². The molecule has 0 aliphatic heterocycles. The second kappa shape index (κ2) is 3.80. The highest BCUT2D eigenvalue weighted by atomic mass is 28.3. The van der Waals surface area contributed by atoms with Gasteiger partial charge in [0.15, 0.2) is 0 Å². The Hall–Kier alpha value is -1.00. The van der Waals surface area contributed by atoms with E-state index >= 15 is 0 Å². The Morgan fingerprint density at radius 3 is 2.77 bits per heavy atom. The lowest BCUT2D eigenvalue weighted by Crippen LogP contribution is -2.27. The van der Waals surface area contributed by atoms with Gasteiger partial charge in [0.2, 0.25) is 0 Å². The van der Waals surface area contributed by atoms with Gasteiger partial charge in [0, 0.05) is 0 Å². The first kappa shape index (κ1) is 10.1. The van der Waals surface area contributed by atoms with Crippen LogP contribution in [0.2, 0.25) is 19.1 Å². The molecule has 68 valence electrons. The molecule has 0 nitrogen and oxygen atoms in total. The lowest BCUT2D eigenvalue weighted by atomic mass is 10.2. The fourth-order valence-electron chi connectivity index (χ4n) is 1.37. The molecule has 1 rings (SSSR count). The predicted molar refractivity (Wildman–Crippen MR) is 61.4 cm³/mol. The summed E-state index contributed by atoms with van der Waals surface area (Å²) < 4.78 is 0. The van der Waals surface area contributed by atoms with Gasteiger partial charge in [0.1, 0.15) is 0 Å². The molecule has 0 aromatic carbocycles. The smallest absolute Gasteiger partial charge is 0.0951 e. The van der Waals surface area contributed by atoms with Gasteiger partial charge < -0.3 is 0 Å². The van der Waals surface area contributed by atoms with E-state index in [1.54, 1.807) is 0 Å². The summed E-state index contributed by atoms with van der Waals surface area (Å²) in [6.45, 7) is 10.6. The van der Waals surface area contributed by atoms with Gasteiger partial charge in [0.25, 0.3) is 0 Å². The fraction of sp³-hybridized carbons (Fsp3) is 0.333. The van der Waals surface area contributed by atoms with Gasteiger partial charge in [-0.2, -0.15) is 0 Å². The zero-order valence-corrected chi connectivity index (χ0v) is 9.65. The first-order chi connectivity index (χ1) is 6.06. The molecule has 0 bridgehead atoms. The van der Waals surface area contributed by atoms with Gasteiger partial charge in [-0.3, -0.25) is 0 Å². The fourth-order valence-corrected chi connectivity index (χ4v) is 3.34. The topological polar surface area (TPSA) is 0 Å². The van der Waals surface area contributed by atoms with E-state index in [1.165, 1.54) is 10.8 Å². The van der Waals surface area contributed by atoms with Crippen molar-refractivity contribution in [1.29, 1.82) is 0 Å². The van der Waals surface area contributed by atoms with E-state index in [1.807, 2.05) is 12.2 Å². The van der Waals surface area contributed by atoms with Crippen LogP contribution in [0.3, 0.4) is 0 Å². The van der Waals surface area contributed by atoms with Crippen LogP contribution in [0.1, 0.15) is 6.92 Å². The summed E-state index contributed by atoms with van der Waals surface area (Å²) in [5, 5.41) is 1.35. The van der Waals surface area contributed by atoms with Crippen LogP contribution in [-0.2, 0) is 0 Å². The van der Waals surface area contributed by atoms with Crippen LogP contribution in [0.4, 0.5) is 0 Å². The number of rotatable bonds is 3. The first-order valence-corrected chi connectivity index (χ1v) is 7.78.